The van der Waals surface area contributed by atoms with Gasteiger partial charge in [0.15, 0.2) is 36.4 Å². The lowest BCUT2D eigenvalue weighted by molar-refractivity contribution is -0.360. The molecule has 0 aromatic carbocycles. The number of aliphatic hydroxyl groups excluding tert-OH is 5. The highest BCUT2D eigenvalue weighted by Gasteiger charge is 2.69. The van der Waals surface area contributed by atoms with Gasteiger partial charge in [-0.05, 0) is 66.2 Å². The molecule has 0 saturated heterocycles. The molecule has 0 aromatic heterocycles. The van der Waals surface area contributed by atoms with E-state index in [-0.39, 0.29) is 72.7 Å². The van der Waals surface area contributed by atoms with Crippen LogP contribution < -0.4 is 0 Å². The van der Waals surface area contributed by atoms with Crippen molar-refractivity contribution >= 4 is 0 Å². The molecule has 8 unspecified atom stereocenters. The van der Waals surface area contributed by atoms with Gasteiger partial charge in [0, 0.05) is 66.1 Å². The second-order valence-electron chi connectivity index (χ2n) is 18.2. The Bertz CT molecular complexity index is 1130. The fourth-order valence-electron chi connectivity index (χ4n) is 7.78. The molecule has 22 nitrogen and oxygen atoms in total. The Balaban J connectivity index is 0. The summed E-state index contributed by atoms with van der Waals surface area (Å²) in [5.74, 6) is 0. The van der Waals surface area contributed by atoms with Crippen LogP contribution >= 0.6 is 0 Å². The van der Waals surface area contributed by atoms with E-state index in [1.165, 1.54) is 0 Å². The number of aliphatic hydroxyl groups is 6. The summed E-state index contributed by atoms with van der Waals surface area (Å²) in [6, 6.07) is 0. The Morgan fingerprint density at radius 1 is 0.295 bits per heavy atom. The molecule has 0 aromatic rings. The quantitative estimate of drug-likeness (QED) is 0.0332. The molecule has 0 aliphatic carbocycles. The van der Waals surface area contributed by atoms with Crippen molar-refractivity contribution < 1.29 is 106 Å². The maximum atomic E-state index is 14.1. The highest BCUT2D eigenvalue weighted by Crippen LogP contribution is 2.44. The molecule has 6 N–H and O–H groups in total. The van der Waals surface area contributed by atoms with Crippen LogP contribution in [0.3, 0.4) is 0 Å². The lowest BCUT2D eigenvalue weighted by Gasteiger charge is -2.57. The van der Waals surface area contributed by atoms with Crippen LogP contribution in [0.2, 0.25) is 0 Å². The number of rotatable bonds is 60. The molecule has 0 radical (unpaired) electrons. The zero-order valence-electron chi connectivity index (χ0n) is 50.3. The van der Waals surface area contributed by atoms with Crippen LogP contribution in [0.1, 0.15) is 146 Å². The summed E-state index contributed by atoms with van der Waals surface area (Å²) in [4.78, 5) is 0. The molecule has 8 atom stereocenters. The predicted octanol–water partition coefficient (Wildman–Crippen LogP) is 5.33. The molecular weight excluding hydrogens is 1020 g/mol. The van der Waals surface area contributed by atoms with Crippen LogP contribution in [-0.2, 0) is 75.8 Å². The van der Waals surface area contributed by atoms with Crippen LogP contribution in [-0.4, -0.2) is 250 Å². The Kier molecular flexibility index (Phi) is 57.5. The van der Waals surface area contributed by atoms with E-state index in [4.69, 9.17) is 80.9 Å². The minimum atomic E-state index is -2.82. The first-order valence-corrected chi connectivity index (χ1v) is 29.6. The lowest BCUT2D eigenvalue weighted by atomic mass is 9.67. The van der Waals surface area contributed by atoms with Crippen molar-refractivity contribution in [3.05, 3.63) is 0 Å². The number of hydrogen-bond acceptors (Lipinski definition) is 22. The van der Waals surface area contributed by atoms with E-state index < -0.39 is 87.2 Å². The van der Waals surface area contributed by atoms with Gasteiger partial charge in [0.1, 0.15) is 24.4 Å². The average Bonchev–Trinajstić information content (AvgIpc) is 3.45. The summed E-state index contributed by atoms with van der Waals surface area (Å²) in [5.41, 5.74) is -5.35. The Morgan fingerprint density at radius 2 is 0.564 bits per heavy atom. The van der Waals surface area contributed by atoms with Gasteiger partial charge in [-0.2, -0.15) is 0 Å². The predicted molar refractivity (Wildman–Crippen MR) is 295 cm³/mol. The average molecular weight is 1140 g/mol. The van der Waals surface area contributed by atoms with E-state index >= 15 is 0 Å². The fourth-order valence-corrected chi connectivity index (χ4v) is 7.78. The lowest BCUT2D eigenvalue weighted by Crippen LogP contribution is -2.80. The highest BCUT2D eigenvalue weighted by molar-refractivity contribution is 5.18. The number of hydrogen-bond donors (Lipinski definition) is 6. The number of ether oxygens (including phenoxy) is 16. The van der Waals surface area contributed by atoms with Gasteiger partial charge < -0.3 is 106 Å². The minimum Gasteiger partial charge on any atom is -0.394 e. The second-order valence-corrected chi connectivity index (χ2v) is 18.2. The topological polar surface area (TPSA) is 269 Å². The van der Waals surface area contributed by atoms with E-state index in [1.807, 2.05) is 34.6 Å². The van der Waals surface area contributed by atoms with Crippen molar-refractivity contribution in [3.63, 3.8) is 0 Å². The van der Waals surface area contributed by atoms with Gasteiger partial charge in [0.25, 0.3) is 0 Å². The molecule has 22 heteroatoms. The third-order valence-corrected chi connectivity index (χ3v) is 12.0. The monoisotopic (exact) mass is 1140 g/mol. The molecule has 0 spiro atoms. The highest BCUT2D eigenvalue weighted by atomic mass is 16.7. The van der Waals surface area contributed by atoms with Crippen molar-refractivity contribution in [2.75, 3.05) is 159 Å². The van der Waals surface area contributed by atoms with Crippen LogP contribution in [0.25, 0.3) is 0 Å². The van der Waals surface area contributed by atoms with Crippen LogP contribution in [0.4, 0.5) is 0 Å². The van der Waals surface area contributed by atoms with Crippen molar-refractivity contribution in [3.8, 4) is 0 Å². The minimum absolute atomic E-state index is 0.0256. The molecule has 0 fully saturated rings. The molecule has 0 aliphatic heterocycles. The SMILES string of the molecule is CCCCOCCOC(C(CO)OCC(OCC)OCCCC)(C(CO)OCC(OCC)OCCCC)C(O)(C(CO)OCC(OCC)OCCCC)C(CO)OCC(OCC)OCCCC.CCCCOCCOCCO. The van der Waals surface area contributed by atoms with Gasteiger partial charge in [0.2, 0.25) is 0 Å². The van der Waals surface area contributed by atoms with Gasteiger partial charge >= 0.3 is 0 Å². The summed E-state index contributed by atoms with van der Waals surface area (Å²) in [6.07, 6.45) is -0.380. The summed E-state index contributed by atoms with van der Waals surface area (Å²) in [5, 5.41) is 68.7. The standard InChI is InChI=1S/C48H98O19.C8H18O3/c1-10-19-24-54-29-30-67-48(41(33-51)65-37-45(57-17-8)61-27-22-13-4,42(34-52)66-38-46(58-18-9)62-28-23-14-5)47(53,39(31-49)63-35-43(55-15-6)59-25-20-11-2)40(32-50)64-36-44(56-16-7)60-26-21-12-3;1-2-3-5-10-7-8-11-6-4-9/h39-46,49-53H,10-38H2,1-9H3;9H,2-8H2,1H3. The summed E-state index contributed by atoms with van der Waals surface area (Å²) < 4.78 is 96.6. The van der Waals surface area contributed by atoms with Gasteiger partial charge in [-0.1, -0.05) is 80.1 Å². The van der Waals surface area contributed by atoms with Gasteiger partial charge in [0.05, 0.1) is 92.5 Å². The zero-order valence-corrected chi connectivity index (χ0v) is 50.3. The summed E-state index contributed by atoms with van der Waals surface area (Å²) in [6.45, 7) is 19.6. The molecule has 0 amide bonds. The first-order valence-electron chi connectivity index (χ1n) is 29.6. The van der Waals surface area contributed by atoms with Crippen LogP contribution in [0.5, 0.6) is 0 Å². The first kappa shape index (κ1) is 79.2. The third kappa shape index (κ3) is 34.7. The van der Waals surface area contributed by atoms with Crippen molar-refractivity contribution in [2.24, 2.45) is 0 Å². The van der Waals surface area contributed by atoms with Gasteiger partial charge in [-0.15, -0.1) is 0 Å². The smallest absolute Gasteiger partial charge is 0.180 e. The maximum absolute atomic E-state index is 14.1. The summed E-state index contributed by atoms with van der Waals surface area (Å²) >= 11 is 0. The molecule has 78 heavy (non-hydrogen) atoms. The molecular formula is C56H116O22. The van der Waals surface area contributed by atoms with E-state index in [1.54, 1.807) is 27.7 Å². The van der Waals surface area contributed by atoms with E-state index in [0.717, 1.165) is 83.7 Å². The first-order chi connectivity index (χ1) is 38.0. The Hall–Kier alpha value is -0.880. The molecule has 0 bridgehead atoms. The van der Waals surface area contributed by atoms with E-state index in [2.05, 4.69) is 6.92 Å². The molecule has 0 aliphatic rings. The Morgan fingerprint density at radius 3 is 0.833 bits per heavy atom. The van der Waals surface area contributed by atoms with Crippen molar-refractivity contribution in [1.82, 2.24) is 0 Å². The van der Waals surface area contributed by atoms with Gasteiger partial charge in [-0.3, -0.25) is 0 Å². The zero-order chi connectivity index (χ0) is 58.4. The Labute approximate surface area is 470 Å². The van der Waals surface area contributed by atoms with Crippen LogP contribution in [0, 0.1) is 0 Å². The van der Waals surface area contributed by atoms with Gasteiger partial charge in [-0.25, -0.2) is 0 Å². The third-order valence-electron chi connectivity index (χ3n) is 12.0. The van der Waals surface area contributed by atoms with Crippen molar-refractivity contribution in [2.45, 2.75) is 207 Å². The summed E-state index contributed by atoms with van der Waals surface area (Å²) in [7, 11) is 0. The molecule has 472 valence electrons. The fraction of sp³-hybridized carbons (Fsp3) is 1.00. The van der Waals surface area contributed by atoms with Crippen LogP contribution in [0.15, 0.2) is 0 Å². The normalized spacial score (nSPS) is 16.6. The largest absolute Gasteiger partial charge is 0.394 e. The molecule has 0 saturated carbocycles. The molecule has 0 heterocycles. The number of unbranched alkanes of at least 4 members (excludes halogenated alkanes) is 6. The van der Waals surface area contributed by atoms with Crippen molar-refractivity contribution in [1.29, 1.82) is 0 Å². The maximum Gasteiger partial charge on any atom is 0.180 e. The van der Waals surface area contributed by atoms with E-state index in [9.17, 15) is 25.5 Å². The molecule has 0 rings (SSSR count). The second kappa shape index (κ2) is 56.6. The van der Waals surface area contributed by atoms with E-state index in [0.29, 0.717) is 52.9 Å².